The van der Waals surface area contributed by atoms with Crippen molar-refractivity contribution in [2.45, 2.75) is 20.0 Å². The third kappa shape index (κ3) is 5.20. The van der Waals surface area contributed by atoms with Crippen LogP contribution in [-0.4, -0.2) is 23.0 Å². The van der Waals surface area contributed by atoms with E-state index < -0.39 is 11.8 Å². The van der Waals surface area contributed by atoms with Gasteiger partial charge in [-0.05, 0) is 60.3 Å². The Morgan fingerprint density at radius 2 is 1.73 bits per heavy atom. The Morgan fingerprint density at radius 3 is 2.48 bits per heavy atom. The molecule has 0 saturated carbocycles. The van der Waals surface area contributed by atoms with E-state index >= 15 is 0 Å². The average Bonchev–Trinajstić information content (AvgIpc) is 2.81. The van der Waals surface area contributed by atoms with Gasteiger partial charge in [-0.3, -0.25) is 4.79 Å². The van der Waals surface area contributed by atoms with Gasteiger partial charge in [0.05, 0.1) is 20.2 Å². The van der Waals surface area contributed by atoms with E-state index in [-0.39, 0.29) is 18.6 Å². The minimum Gasteiger partial charge on any atom is -0.496 e. The lowest BCUT2D eigenvalue weighted by atomic mass is 10.1. The van der Waals surface area contributed by atoms with Crippen molar-refractivity contribution in [3.63, 3.8) is 0 Å². The van der Waals surface area contributed by atoms with Crippen molar-refractivity contribution in [3.05, 3.63) is 106 Å². The molecule has 0 atom stereocenters. The zero-order valence-corrected chi connectivity index (χ0v) is 18.4. The predicted molar refractivity (Wildman–Crippen MR) is 127 cm³/mol. The molecule has 0 aliphatic rings. The lowest BCUT2D eigenvalue weighted by Crippen LogP contribution is -2.35. The molecule has 0 fully saturated rings. The number of rotatable bonds is 6. The first-order chi connectivity index (χ1) is 15.9. The number of aromatic amines is 1. The van der Waals surface area contributed by atoms with E-state index in [0.29, 0.717) is 17.0 Å². The highest BCUT2D eigenvalue weighted by atomic mass is 19.1. The van der Waals surface area contributed by atoms with Crippen LogP contribution in [0, 0.1) is 12.7 Å². The Kier molecular flexibility index (Phi) is 6.40. The molecule has 2 N–H and O–H groups in total. The fourth-order valence-electron chi connectivity index (χ4n) is 3.66. The third-order valence-electron chi connectivity index (χ3n) is 5.38. The summed E-state index contributed by atoms with van der Waals surface area (Å²) in [6.45, 7) is 2.24. The number of para-hydroxylation sites is 1. The molecule has 7 heteroatoms. The highest BCUT2D eigenvalue weighted by Gasteiger charge is 2.19. The zero-order chi connectivity index (χ0) is 23.4. The summed E-state index contributed by atoms with van der Waals surface area (Å²) in [6.07, 6.45) is 0. The molecule has 1 aromatic heterocycles. The number of H-pyrrole nitrogens is 1. The van der Waals surface area contributed by atoms with E-state index in [1.54, 1.807) is 13.2 Å². The van der Waals surface area contributed by atoms with Crippen molar-refractivity contribution in [2.75, 3.05) is 12.4 Å². The minimum absolute atomic E-state index is 0.0736. The monoisotopic (exact) mass is 445 g/mol. The van der Waals surface area contributed by atoms with Crippen LogP contribution in [0.25, 0.3) is 10.9 Å². The van der Waals surface area contributed by atoms with Crippen molar-refractivity contribution in [3.8, 4) is 5.75 Å². The second kappa shape index (κ2) is 9.56. The molecule has 0 bridgehead atoms. The first-order valence-corrected chi connectivity index (χ1v) is 10.5. The number of methoxy groups -OCH3 is 1. The molecule has 33 heavy (non-hydrogen) atoms. The maximum absolute atomic E-state index is 13.3. The van der Waals surface area contributed by atoms with Crippen LogP contribution < -0.4 is 15.6 Å². The molecular formula is C26H24FN3O3. The number of aromatic nitrogens is 1. The van der Waals surface area contributed by atoms with E-state index in [2.05, 4.69) is 10.3 Å². The molecule has 0 saturated heterocycles. The van der Waals surface area contributed by atoms with Crippen molar-refractivity contribution in [1.29, 1.82) is 0 Å². The maximum Gasteiger partial charge on any atom is 0.322 e. The lowest BCUT2D eigenvalue weighted by Gasteiger charge is -2.24. The standard InChI is InChI=1S/C26H24FN3O3/c1-17-7-8-18-14-20(25(31)29-23(18)13-17)16-30(15-19-5-3-4-6-24(19)33-2)26(32)28-22-11-9-21(27)10-12-22/h3-14H,15-16H2,1-2H3,(H,28,32)(H,29,31). The summed E-state index contributed by atoms with van der Waals surface area (Å²) in [4.78, 5) is 30.4. The van der Waals surface area contributed by atoms with Crippen molar-refractivity contribution < 1.29 is 13.9 Å². The molecule has 0 aliphatic carbocycles. The number of carbonyl (C=O) groups is 1. The Hall–Kier alpha value is -4.13. The number of halogens is 1. The number of fused-ring (bicyclic) bond motifs is 1. The SMILES string of the molecule is COc1ccccc1CN(Cc1cc2ccc(C)cc2[nH]c1=O)C(=O)Nc1ccc(F)cc1. The third-order valence-corrected chi connectivity index (χ3v) is 5.38. The van der Waals surface area contributed by atoms with Gasteiger partial charge in [0.25, 0.3) is 5.56 Å². The molecule has 3 aromatic carbocycles. The van der Waals surface area contributed by atoms with Gasteiger partial charge in [-0.1, -0.05) is 30.3 Å². The number of hydrogen-bond acceptors (Lipinski definition) is 3. The van der Waals surface area contributed by atoms with Gasteiger partial charge in [0.15, 0.2) is 0 Å². The molecule has 0 aliphatic heterocycles. The van der Waals surface area contributed by atoms with Crippen LogP contribution in [0.5, 0.6) is 5.75 Å². The molecule has 0 unspecified atom stereocenters. The normalized spacial score (nSPS) is 10.8. The van der Waals surface area contributed by atoms with Gasteiger partial charge in [0, 0.05) is 22.3 Å². The van der Waals surface area contributed by atoms with Crippen LogP contribution in [0.1, 0.15) is 16.7 Å². The number of ether oxygens (including phenoxy) is 1. The number of benzene rings is 3. The molecular weight excluding hydrogens is 421 g/mol. The number of nitrogens with one attached hydrogen (secondary N) is 2. The maximum atomic E-state index is 13.3. The van der Waals surface area contributed by atoms with Crippen LogP contribution in [0.2, 0.25) is 0 Å². The van der Waals surface area contributed by atoms with Crippen LogP contribution in [-0.2, 0) is 13.1 Å². The molecule has 6 nitrogen and oxygen atoms in total. The fourth-order valence-corrected chi connectivity index (χ4v) is 3.66. The van der Waals surface area contributed by atoms with E-state index in [9.17, 15) is 14.0 Å². The second-order valence-corrected chi connectivity index (χ2v) is 7.82. The summed E-state index contributed by atoms with van der Waals surface area (Å²) < 4.78 is 18.7. The first-order valence-electron chi connectivity index (χ1n) is 10.5. The Balaban J connectivity index is 1.67. The average molecular weight is 445 g/mol. The summed E-state index contributed by atoms with van der Waals surface area (Å²) in [5.74, 6) is 0.247. The van der Waals surface area contributed by atoms with Crippen LogP contribution in [0.3, 0.4) is 0 Å². The van der Waals surface area contributed by atoms with Gasteiger partial charge in [0.1, 0.15) is 11.6 Å². The highest BCUT2D eigenvalue weighted by Crippen LogP contribution is 2.22. The van der Waals surface area contributed by atoms with Gasteiger partial charge in [-0.2, -0.15) is 0 Å². The van der Waals surface area contributed by atoms with Crippen molar-refractivity contribution in [1.82, 2.24) is 9.88 Å². The van der Waals surface area contributed by atoms with Gasteiger partial charge >= 0.3 is 6.03 Å². The summed E-state index contributed by atoms with van der Waals surface area (Å²) in [5.41, 5.74) is 3.23. The molecule has 0 spiro atoms. The molecule has 168 valence electrons. The number of aryl methyl sites for hydroxylation is 1. The summed E-state index contributed by atoms with van der Waals surface area (Å²) in [7, 11) is 1.57. The zero-order valence-electron chi connectivity index (χ0n) is 18.4. The number of amides is 2. The van der Waals surface area contributed by atoms with E-state index in [1.165, 1.54) is 29.2 Å². The Bertz CT molecular complexity index is 1350. The largest absolute Gasteiger partial charge is 0.496 e. The molecule has 4 rings (SSSR count). The highest BCUT2D eigenvalue weighted by molar-refractivity contribution is 5.89. The number of carbonyl (C=O) groups excluding carboxylic acids is 1. The topological polar surface area (TPSA) is 74.4 Å². The van der Waals surface area contributed by atoms with Gasteiger partial charge in [0.2, 0.25) is 0 Å². The Labute approximate surface area is 190 Å². The molecule has 4 aromatic rings. The van der Waals surface area contributed by atoms with Crippen molar-refractivity contribution >= 4 is 22.6 Å². The predicted octanol–water partition coefficient (Wildman–Crippen LogP) is 5.22. The van der Waals surface area contributed by atoms with Gasteiger partial charge in [-0.15, -0.1) is 0 Å². The number of nitrogens with zero attached hydrogens (tertiary/aromatic N) is 1. The summed E-state index contributed by atoms with van der Waals surface area (Å²) >= 11 is 0. The van der Waals surface area contributed by atoms with E-state index in [0.717, 1.165) is 22.0 Å². The molecule has 1 heterocycles. The van der Waals surface area contributed by atoms with E-state index in [4.69, 9.17) is 4.74 Å². The van der Waals surface area contributed by atoms with Crippen LogP contribution in [0.4, 0.5) is 14.9 Å². The summed E-state index contributed by atoms with van der Waals surface area (Å²) in [5, 5.41) is 3.66. The fraction of sp³-hybridized carbons (Fsp3) is 0.154. The van der Waals surface area contributed by atoms with Gasteiger partial charge < -0.3 is 19.9 Å². The molecule has 2 amide bonds. The van der Waals surface area contributed by atoms with E-state index in [1.807, 2.05) is 49.4 Å². The number of urea groups is 1. The smallest absolute Gasteiger partial charge is 0.322 e. The van der Waals surface area contributed by atoms with Gasteiger partial charge in [-0.25, -0.2) is 9.18 Å². The second-order valence-electron chi connectivity index (χ2n) is 7.82. The van der Waals surface area contributed by atoms with Crippen molar-refractivity contribution in [2.24, 2.45) is 0 Å². The minimum atomic E-state index is -0.420. The molecule has 0 radical (unpaired) electrons. The lowest BCUT2D eigenvalue weighted by molar-refractivity contribution is 0.205. The quantitative estimate of drug-likeness (QED) is 0.427. The summed E-state index contributed by atoms with van der Waals surface area (Å²) in [6, 6.07) is 20.1. The number of anilines is 1. The first kappa shape index (κ1) is 22.1. The number of hydrogen-bond donors (Lipinski definition) is 2. The van der Waals surface area contributed by atoms with Crippen LogP contribution >= 0.6 is 0 Å². The van der Waals surface area contributed by atoms with Crippen LogP contribution in [0.15, 0.2) is 77.6 Å². The number of pyridine rings is 1. The Morgan fingerprint density at radius 1 is 1.00 bits per heavy atom.